The molecule has 0 spiro atoms. The number of aromatic nitrogens is 2. The zero-order valence-electron chi connectivity index (χ0n) is 15.1. The molecule has 1 atom stereocenters. The van der Waals surface area contributed by atoms with Crippen LogP contribution in [0.5, 0.6) is 0 Å². The maximum Gasteiger partial charge on any atom is 0.264 e. The Hall–Kier alpha value is -2.26. The van der Waals surface area contributed by atoms with Crippen molar-refractivity contribution < 1.29 is 8.42 Å². The Morgan fingerprint density at radius 1 is 1.22 bits per heavy atom. The standard InChI is InChI=1S/C18H23N5O2S2/c1-2-15-6-3-4-13-23(15)18(26)21-14-7-9-16(10-8-14)27(24,25)22-17-19-11-5-12-20-17/h5,7-12,15H,2-4,6,13H2,1H3,(H,21,26)(H,19,20,22)/t15-/m1/s1. The van der Waals surface area contributed by atoms with Gasteiger partial charge in [0.05, 0.1) is 4.90 Å². The molecule has 144 valence electrons. The molecule has 1 aromatic heterocycles. The van der Waals surface area contributed by atoms with E-state index in [1.807, 2.05) is 0 Å². The molecule has 0 bridgehead atoms. The summed E-state index contributed by atoms with van der Waals surface area (Å²) in [5.41, 5.74) is 0.760. The van der Waals surface area contributed by atoms with Gasteiger partial charge in [0, 0.05) is 30.7 Å². The van der Waals surface area contributed by atoms with E-state index >= 15 is 0 Å². The molecule has 3 rings (SSSR count). The van der Waals surface area contributed by atoms with Crippen molar-refractivity contribution in [3.05, 3.63) is 42.7 Å². The normalized spacial score (nSPS) is 17.4. The lowest BCUT2D eigenvalue weighted by atomic mass is 10.0. The molecule has 27 heavy (non-hydrogen) atoms. The third-order valence-corrected chi connectivity index (χ3v) is 6.25. The fourth-order valence-corrected chi connectivity index (χ4v) is 4.45. The van der Waals surface area contributed by atoms with Gasteiger partial charge in [-0.05, 0) is 68.2 Å². The lowest BCUT2D eigenvalue weighted by Crippen LogP contribution is -2.45. The monoisotopic (exact) mass is 405 g/mol. The molecule has 0 radical (unpaired) electrons. The number of thiocarbonyl (C=S) groups is 1. The molecule has 0 unspecified atom stereocenters. The molecule has 2 heterocycles. The van der Waals surface area contributed by atoms with E-state index in [-0.39, 0.29) is 10.8 Å². The third kappa shape index (κ3) is 4.92. The number of hydrogen-bond acceptors (Lipinski definition) is 5. The number of sulfonamides is 1. The van der Waals surface area contributed by atoms with Gasteiger partial charge in [-0.25, -0.2) is 23.1 Å². The third-order valence-electron chi connectivity index (χ3n) is 4.57. The molecule has 1 aliphatic heterocycles. The van der Waals surface area contributed by atoms with E-state index in [9.17, 15) is 8.42 Å². The number of benzene rings is 1. The first-order valence-electron chi connectivity index (χ1n) is 8.97. The van der Waals surface area contributed by atoms with E-state index in [1.54, 1.807) is 18.2 Å². The van der Waals surface area contributed by atoms with Gasteiger partial charge < -0.3 is 10.2 Å². The molecule has 1 fully saturated rings. The molecule has 1 aromatic carbocycles. The second-order valence-corrected chi connectivity index (χ2v) is 8.45. The van der Waals surface area contributed by atoms with Gasteiger partial charge in [0.25, 0.3) is 10.0 Å². The van der Waals surface area contributed by atoms with Gasteiger partial charge in [-0.1, -0.05) is 6.92 Å². The zero-order chi connectivity index (χ0) is 19.3. The summed E-state index contributed by atoms with van der Waals surface area (Å²) in [5.74, 6) is 0.0385. The molecular weight excluding hydrogens is 382 g/mol. The number of nitrogens with zero attached hydrogens (tertiary/aromatic N) is 3. The first-order chi connectivity index (χ1) is 13.0. The minimum absolute atomic E-state index is 0.0385. The van der Waals surface area contributed by atoms with Crippen LogP contribution in [0.25, 0.3) is 0 Å². The molecule has 1 aliphatic rings. The van der Waals surface area contributed by atoms with Gasteiger partial charge >= 0.3 is 0 Å². The number of hydrogen-bond donors (Lipinski definition) is 2. The summed E-state index contributed by atoms with van der Waals surface area (Å²) < 4.78 is 27.2. The van der Waals surface area contributed by atoms with E-state index in [2.05, 4.69) is 31.8 Å². The number of anilines is 2. The van der Waals surface area contributed by atoms with Crippen molar-refractivity contribution in [3.8, 4) is 0 Å². The lowest BCUT2D eigenvalue weighted by molar-refractivity contribution is 0.239. The van der Waals surface area contributed by atoms with Crippen molar-refractivity contribution in [1.29, 1.82) is 0 Å². The minimum Gasteiger partial charge on any atom is -0.346 e. The van der Waals surface area contributed by atoms with Crippen molar-refractivity contribution >= 4 is 39.0 Å². The molecular formula is C18H23N5O2S2. The highest BCUT2D eigenvalue weighted by Gasteiger charge is 2.23. The Bertz CT molecular complexity index is 872. The van der Waals surface area contributed by atoms with Crippen LogP contribution in [0.3, 0.4) is 0 Å². The summed E-state index contributed by atoms with van der Waals surface area (Å²) in [6.45, 7) is 3.13. The maximum atomic E-state index is 12.4. The number of likely N-dealkylation sites (tertiary alicyclic amines) is 1. The Morgan fingerprint density at radius 3 is 2.59 bits per heavy atom. The van der Waals surface area contributed by atoms with Crippen molar-refractivity contribution in [2.24, 2.45) is 0 Å². The van der Waals surface area contributed by atoms with E-state index in [4.69, 9.17) is 12.2 Å². The van der Waals surface area contributed by atoms with Crippen LogP contribution in [-0.4, -0.2) is 41.0 Å². The zero-order valence-corrected chi connectivity index (χ0v) is 16.8. The maximum absolute atomic E-state index is 12.4. The molecule has 2 aromatic rings. The van der Waals surface area contributed by atoms with Crippen molar-refractivity contribution in [1.82, 2.24) is 14.9 Å². The summed E-state index contributed by atoms with van der Waals surface area (Å²) in [4.78, 5) is 10.1. The van der Waals surface area contributed by atoms with Crippen LogP contribution in [-0.2, 0) is 10.0 Å². The molecule has 0 amide bonds. The number of nitrogens with one attached hydrogen (secondary N) is 2. The van der Waals surface area contributed by atoms with Crippen molar-refractivity contribution in [2.45, 2.75) is 43.5 Å². The summed E-state index contributed by atoms with van der Waals surface area (Å²) in [5, 5.41) is 3.91. The Morgan fingerprint density at radius 2 is 1.93 bits per heavy atom. The highest BCUT2D eigenvalue weighted by Crippen LogP contribution is 2.22. The van der Waals surface area contributed by atoms with Crippen LogP contribution in [0.1, 0.15) is 32.6 Å². The number of piperidine rings is 1. The quantitative estimate of drug-likeness (QED) is 0.739. The van der Waals surface area contributed by atoms with E-state index in [1.165, 1.54) is 30.9 Å². The Kier molecular flexibility index (Phi) is 6.22. The van der Waals surface area contributed by atoms with Crippen LogP contribution in [0.15, 0.2) is 47.6 Å². The fourth-order valence-electron chi connectivity index (χ4n) is 3.14. The molecule has 2 N–H and O–H groups in total. The molecule has 1 saturated heterocycles. The van der Waals surface area contributed by atoms with Crippen LogP contribution in [0.2, 0.25) is 0 Å². The van der Waals surface area contributed by atoms with E-state index in [0.29, 0.717) is 11.2 Å². The smallest absolute Gasteiger partial charge is 0.264 e. The average Bonchev–Trinajstić information content (AvgIpc) is 2.68. The predicted octanol–water partition coefficient (Wildman–Crippen LogP) is 3.24. The van der Waals surface area contributed by atoms with E-state index < -0.39 is 10.0 Å². The van der Waals surface area contributed by atoms with Gasteiger partial charge in [-0.15, -0.1) is 0 Å². The van der Waals surface area contributed by atoms with Gasteiger partial charge in [-0.3, -0.25) is 0 Å². The second kappa shape index (κ2) is 8.62. The predicted molar refractivity (Wildman–Crippen MR) is 110 cm³/mol. The Balaban J connectivity index is 1.67. The van der Waals surface area contributed by atoms with Crippen molar-refractivity contribution in [3.63, 3.8) is 0 Å². The van der Waals surface area contributed by atoms with Crippen molar-refractivity contribution in [2.75, 3.05) is 16.6 Å². The molecule has 0 saturated carbocycles. The second-order valence-electron chi connectivity index (χ2n) is 6.38. The lowest BCUT2D eigenvalue weighted by Gasteiger charge is -2.37. The average molecular weight is 406 g/mol. The first kappa shape index (κ1) is 19.5. The summed E-state index contributed by atoms with van der Waals surface area (Å²) in [6.07, 6.45) is 7.55. The fraction of sp³-hybridized carbons (Fsp3) is 0.389. The van der Waals surface area contributed by atoms with Gasteiger partial charge in [-0.2, -0.15) is 0 Å². The van der Waals surface area contributed by atoms with Crippen LogP contribution < -0.4 is 10.0 Å². The van der Waals surface area contributed by atoms with Crippen LogP contribution in [0, 0.1) is 0 Å². The van der Waals surface area contributed by atoms with Crippen LogP contribution in [0.4, 0.5) is 11.6 Å². The summed E-state index contributed by atoms with van der Waals surface area (Å²) >= 11 is 5.56. The topological polar surface area (TPSA) is 87.2 Å². The van der Waals surface area contributed by atoms with Gasteiger partial charge in [0.15, 0.2) is 5.11 Å². The molecule has 7 nitrogen and oxygen atoms in total. The van der Waals surface area contributed by atoms with Gasteiger partial charge in [0.2, 0.25) is 5.95 Å². The summed E-state index contributed by atoms with van der Waals surface area (Å²) in [7, 11) is -3.74. The molecule has 0 aliphatic carbocycles. The van der Waals surface area contributed by atoms with E-state index in [0.717, 1.165) is 31.5 Å². The Labute approximate surface area is 165 Å². The van der Waals surface area contributed by atoms with Gasteiger partial charge in [0.1, 0.15) is 0 Å². The highest BCUT2D eigenvalue weighted by atomic mass is 32.2. The highest BCUT2D eigenvalue weighted by molar-refractivity contribution is 7.92. The first-order valence-corrected chi connectivity index (χ1v) is 10.9. The van der Waals surface area contributed by atoms with Crippen LogP contribution >= 0.6 is 12.2 Å². The minimum atomic E-state index is -3.74. The SMILES string of the molecule is CC[C@@H]1CCCCN1C(=S)Nc1ccc(S(=O)(=O)Nc2ncccn2)cc1. The largest absolute Gasteiger partial charge is 0.346 e. The molecule has 9 heteroatoms. The number of rotatable bonds is 5. The summed E-state index contributed by atoms with van der Waals surface area (Å²) in [6, 6.07) is 8.56.